The van der Waals surface area contributed by atoms with Gasteiger partial charge in [0.2, 0.25) is 0 Å². The fourth-order valence-corrected chi connectivity index (χ4v) is 3.33. The number of aromatic nitrogens is 2. The van der Waals surface area contributed by atoms with E-state index in [9.17, 15) is 34.9 Å². The van der Waals surface area contributed by atoms with Crippen molar-refractivity contribution in [2.45, 2.75) is 0 Å². The van der Waals surface area contributed by atoms with E-state index in [0.29, 0.717) is 15.9 Å². The van der Waals surface area contributed by atoms with Gasteiger partial charge in [-0.15, -0.1) is 0 Å². The van der Waals surface area contributed by atoms with Crippen LogP contribution < -0.4 is 0 Å². The summed E-state index contributed by atoms with van der Waals surface area (Å²) in [6.45, 7) is -1.55. The lowest BCUT2D eigenvalue weighted by Gasteiger charge is -2.13. The average Bonchev–Trinajstić information content (AvgIpc) is 3.33. The van der Waals surface area contributed by atoms with Gasteiger partial charge in [0, 0.05) is 6.07 Å². The van der Waals surface area contributed by atoms with Crippen LogP contribution in [0.1, 0.15) is 26.5 Å². The Bertz CT molecular complexity index is 1380. The van der Waals surface area contributed by atoms with Gasteiger partial charge in [-0.2, -0.15) is 5.26 Å². The van der Waals surface area contributed by atoms with Crippen molar-refractivity contribution in [3.63, 3.8) is 0 Å². The zero-order valence-corrected chi connectivity index (χ0v) is 16.6. The van der Waals surface area contributed by atoms with Crippen LogP contribution in [0.2, 0.25) is 0 Å². The SMILES string of the molecule is N#C/C(=C(/O)COC(=O)CN1C(=O)c2cccc([N+](=O)[O-])c2C1=O)c1nc2ccccc2[nH]1. The number of fused-ring (bicyclic) bond motifs is 2. The molecule has 0 saturated carbocycles. The van der Waals surface area contributed by atoms with Gasteiger partial charge in [-0.1, -0.05) is 18.2 Å². The number of allylic oxidation sites excluding steroid dienone is 1. The second-order valence-corrected chi connectivity index (χ2v) is 6.85. The summed E-state index contributed by atoms with van der Waals surface area (Å²) in [6, 6.07) is 12.3. The Kier molecular flexibility index (Phi) is 5.29. The molecule has 2 amide bonds. The number of benzene rings is 2. The maximum Gasteiger partial charge on any atom is 0.326 e. The van der Waals surface area contributed by atoms with Gasteiger partial charge in [0.25, 0.3) is 17.5 Å². The normalized spacial score (nSPS) is 13.5. The molecule has 4 rings (SSSR count). The summed E-state index contributed by atoms with van der Waals surface area (Å²) in [4.78, 5) is 55.1. The highest BCUT2D eigenvalue weighted by molar-refractivity contribution is 6.24. The van der Waals surface area contributed by atoms with Gasteiger partial charge in [0.15, 0.2) is 11.6 Å². The van der Waals surface area contributed by atoms with E-state index < -0.39 is 52.9 Å². The Morgan fingerprint density at radius 2 is 1.97 bits per heavy atom. The Hall–Kier alpha value is -5.05. The van der Waals surface area contributed by atoms with E-state index in [1.54, 1.807) is 30.3 Å². The van der Waals surface area contributed by atoms with Crippen molar-refractivity contribution < 1.29 is 29.2 Å². The summed E-state index contributed by atoms with van der Waals surface area (Å²) in [6.07, 6.45) is 0. The highest BCUT2D eigenvalue weighted by atomic mass is 16.6. The first-order valence-corrected chi connectivity index (χ1v) is 9.38. The standard InChI is InChI=1S/C21H13N5O7/c22-8-12(19-23-13-5-1-2-6-14(13)24-19)16(27)10-33-17(28)9-25-20(29)11-4-3-7-15(26(31)32)18(11)21(25)30/h1-7,27H,9-10H2,(H,23,24)/b16-12-. The first-order chi connectivity index (χ1) is 15.8. The van der Waals surface area contributed by atoms with Crippen LogP contribution in [-0.4, -0.2) is 55.8 Å². The monoisotopic (exact) mass is 447 g/mol. The third-order valence-corrected chi connectivity index (χ3v) is 4.86. The largest absolute Gasteiger partial charge is 0.507 e. The number of rotatable bonds is 6. The maximum atomic E-state index is 12.5. The minimum atomic E-state index is -1.07. The molecule has 0 spiro atoms. The quantitative estimate of drug-likeness (QED) is 0.143. The van der Waals surface area contributed by atoms with Crippen LogP contribution in [0.5, 0.6) is 0 Å². The number of carbonyl (C=O) groups excluding carboxylic acids is 3. The predicted molar refractivity (Wildman–Crippen MR) is 111 cm³/mol. The minimum absolute atomic E-state index is 0.0694. The van der Waals surface area contributed by atoms with E-state index in [-0.39, 0.29) is 17.0 Å². The van der Waals surface area contributed by atoms with Crippen molar-refractivity contribution in [2.24, 2.45) is 0 Å². The van der Waals surface area contributed by atoms with E-state index in [4.69, 9.17) is 4.74 Å². The van der Waals surface area contributed by atoms with Crippen LogP contribution in [0.25, 0.3) is 16.6 Å². The van der Waals surface area contributed by atoms with Crippen LogP contribution in [0, 0.1) is 21.4 Å². The number of H-pyrrole nitrogens is 1. The number of imide groups is 1. The van der Waals surface area contributed by atoms with Crippen molar-refractivity contribution in [1.82, 2.24) is 14.9 Å². The second kappa shape index (κ2) is 8.23. The fraction of sp³-hybridized carbons (Fsp3) is 0.0952. The van der Waals surface area contributed by atoms with Crippen LogP contribution in [0.4, 0.5) is 5.69 Å². The Balaban J connectivity index is 1.47. The van der Waals surface area contributed by atoms with Crippen molar-refractivity contribution in [1.29, 1.82) is 5.26 Å². The van der Waals surface area contributed by atoms with Crippen LogP contribution in [-0.2, 0) is 9.53 Å². The molecule has 0 bridgehead atoms. The fourth-order valence-electron chi connectivity index (χ4n) is 3.33. The zero-order valence-electron chi connectivity index (χ0n) is 16.6. The number of para-hydroxylation sites is 2. The molecule has 0 fully saturated rings. The number of imidazole rings is 1. The lowest BCUT2D eigenvalue weighted by atomic mass is 10.1. The van der Waals surface area contributed by atoms with Gasteiger partial charge in [-0.05, 0) is 18.2 Å². The summed E-state index contributed by atoms with van der Waals surface area (Å²) in [5.41, 5.74) is -0.210. The number of nitriles is 1. The lowest BCUT2D eigenvalue weighted by molar-refractivity contribution is -0.385. The molecule has 0 radical (unpaired) electrons. The van der Waals surface area contributed by atoms with Crippen LogP contribution in [0.3, 0.4) is 0 Å². The number of nitro groups is 1. The molecule has 1 aliphatic heterocycles. The number of amides is 2. The number of nitrogens with one attached hydrogen (secondary N) is 1. The zero-order chi connectivity index (χ0) is 23.7. The predicted octanol–water partition coefficient (Wildman–Crippen LogP) is 2.10. The van der Waals surface area contributed by atoms with Crippen molar-refractivity contribution in [3.8, 4) is 6.07 Å². The maximum absolute atomic E-state index is 12.5. The number of nitro benzene ring substituents is 1. The second-order valence-electron chi connectivity index (χ2n) is 6.85. The van der Waals surface area contributed by atoms with Gasteiger partial charge >= 0.3 is 5.97 Å². The Morgan fingerprint density at radius 1 is 1.21 bits per heavy atom. The molecule has 0 aliphatic carbocycles. The molecule has 0 atom stereocenters. The number of aliphatic hydroxyl groups excluding tert-OH is 1. The van der Waals surface area contributed by atoms with E-state index >= 15 is 0 Å². The van der Waals surface area contributed by atoms with E-state index in [2.05, 4.69) is 9.97 Å². The number of carbonyl (C=O) groups is 3. The molecule has 1 aliphatic rings. The molecule has 33 heavy (non-hydrogen) atoms. The van der Waals surface area contributed by atoms with Gasteiger partial charge in [-0.3, -0.25) is 29.4 Å². The van der Waals surface area contributed by atoms with Gasteiger partial charge in [0.05, 0.1) is 21.5 Å². The van der Waals surface area contributed by atoms with Crippen LogP contribution >= 0.6 is 0 Å². The molecule has 2 heterocycles. The average molecular weight is 447 g/mol. The number of hydrogen-bond donors (Lipinski definition) is 2. The van der Waals surface area contributed by atoms with Gasteiger partial charge in [0.1, 0.15) is 30.4 Å². The smallest absolute Gasteiger partial charge is 0.326 e. The molecule has 12 heteroatoms. The van der Waals surface area contributed by atoms with E-state index in [1.165, 1.54) is 12.1 Å². The van der Waals surface area contributed by atoms with E-state index in [1.807, 2.05) is 0 Å². The Morgan fingerprint density at radius 3 is 2.67 bits per heavy atom. The summed E-state index contributed by atoms with van der Waals surface area (Å²) >= 11 is 0. The molecule has 2 N–H and O–H groups in total. The van der Waals surface area contributed by atoms with Gasteiger partial charge in [-0.25, -0.2) is 4.98 Å². The molecule has 12 nitrogen and oxygen atoms in total. The molecule has 164 valence electrons. The highest BCUT2D eigenvalue weighted by Crippen LogP contribution is 2.30. The molecule has 0 saturated heterocycles. The van der Waals surface area contributed by atoms with Gasteiger partial charge < -0.3 is 14.8 Å². The third-order valence-electron chi connectivity index (χ3n) is 4.86. The van der Waals surface area contributed by atoms with Crippen molar-refractivity contribution in [3.05, 3.63) is 75.3 Å². The number of esters is 1. The molecular formula is C21H13N5O7. The first kappa shape index (κ1) is 21.2. The summed E-state index contributed by atoms with van der Waals surface area (Å²) < 4.78 is 4.90. The third kappa shape index (κ3) is 3.74. The Labute approximate surface area is 184 Å². The summed E-state index contributed by atoms with van der Waals surface area (Å²) in [5, 5.41) is 30.8. The molecule has 3 aromatic rings. The summed E-state index contributed by atoms with van der Waals surface area (Å²) in [7, 11) is 0. The molecule has 2 aromatic carbocycles. The number of hydrogen-bond acceptors (Lipinski definition) is 9. The molecular weight excluding hydrogens is 434 g/mol. The topological polar surface area (TPSA) is 180 Å². The van der Waals surface area contributed by atoms with Crippen molar-refractivity contribution >= 4 is 40.1 Å². The highest BCUT2D eigenvalue weighted by Gasteiger charge is 2.42. The summed E-state index contributed by atoms with van der Waals surface area (Å²) in [5.74, 6) is -3.47. The van der Waals surface area contributed by atoms with Crippen molar-refractivity contribution in [2.75, 3.05) is 13.2 Å². The lowest BCUT2D eigenvalue weighted by Crippen LogP contribution is -2.36. The number of aliphatic hydroxyl groups is 1. The van der Waals surface area contributed by atoms with E-state index in [0.717, 1.165) is 6.07 Å². The molecule has 1 aromatic heterocycles. The van der Waals surface area contributed by atoms with Crippen LogP contribution in [0.15, 0.2) is 48.2 Å². The first-order valence-electron chi connectivity index (χ1n) is 9.38. The number of aromatic amines is 1. The molecule has 0 unspecified atom stereocenters. The number of nitrogens with zero attached hydrogens (tertiary/aromatic N) is 4. The minimum Gasteiger partial charge on any atom is -0.507 e. The number of ether oxygens (including phenoxy) is 1.